The molecule has 2 nitrogen and oxygen atoms in total. The third kappa shape index (κ3) is 4.14. The zero-order valence-electron chi connectivity index (χ0n) is 11.3. The van der Waals surface area contributed by atoms with Crippen LogP contribution in [0.4, 0.5) is 0 Å². The molecule has 0 bridgehead atoms. The Kier molecular flexibility index (Phi) is 5.30. The average molecular weight is 310 g/mol. The largest absolute Gasteiger partial charge is 0.489 e. The maximum atomic E-state index is 6.13. The van der Waals surface area contributed by atoms with Gasteiger partial charge in [-0.3, -0.25) is 0 Å². The summed E-state index contributed by atoms with van der Waals surface area (Å²) < 4.78 is 5.86. The van der Waals surface area contributed by atoms with Crippen LogP contribution in [0.3, 0.4) is 0 Å². The number of halogens is 2. The van der Waals surface area contributed by atoms with E-state index in [9.17, 15) is 0 Å². The van der Waals surface area contributed by atoms with E-state index in [1.54, 1.807) is 12.1 Å². The van der Waals surface area contributed by atoms with Crippen LogP contribution >= 0.6 is 23.2 Å². The summed E-state index contributed by atoms with van der Waals surface area (Å²) in [5.74, 6) is 0.834. The van der Waals surface area contributed by atoms with Gasteiger partial charge < -0.3 is 10.5 Å². The van der Waals surface area contributed by atoms with Gasteiger partial charge in [-0.25, -0.2) is 0 Å². The molecule has 1 unspecified atom stereocenters. The van der Waals surface area contributed by atoms with Gasteiger partial charge in [0.15, 0.2) is 0 Å². The molecule has 0 aliphatic heterocycles. The molecule has 0 saturated carbocycles. The van der Waals surface area contributed by atoms with E-state index in [-0.39, 0.29) is 6.04 Å². The number of ether oxygens (including phenoxy) is 1. The first kappa shape index (κ1) is 15.2. The Morgan fingerprint density at radius 2 is 1.85 bits per heavy atom. The van der Waals surface area contributed by atoms with E-state index < -0.39 is 0 Å². The molecule has 0 amide bonds. The molecule has 106 valence electrons. The van der Waals surface area contributed by atoms with Crippen LogP contribution < -0.4 is 10.5 Å². The minimum atomic E-state index is 0.0921. The number of nitrogens with two attached hydrogens (primary N) is 1. The van der Waals surface area contributed by atoms with E-state index in [4.69, 9.17) is 33.7 Å². The molecule has 0 aliphatic carbocycles. The van der Waals surface area contributed by atoms with Crippen molar-refractivity contribution < 1.29 is 4.74 Å². The molecule has 2 aromatic rings. The lowest BCUT2D eigenvalue weighted by atomic mass is 10.1. The van der Waals surface area contributed by atoms with Crippen molar-refractivity contribution in [3.05, 3.63) is 63.6 Å². The van der Waals surface area contributed by atoms with Crippen molar-refractivity contribution in [2.75, 3.05) is 0 Å². The predicted molar refractivity (Wildman–Crippen MR) is 84.6 cm³/mol. The number of benzene rings is 2. The van der Waals surface area contributed by atoms with E-state index in [0.29, 0.717) is 16.7 Å². The lowest BCUT2D eigenvalue weighted by Gasteiger charge is -2.13. The van der Waals surface area contributed by atoms with Gasteiger partial charge in [-0.1, -0.05) is 41.4 Å². The molecule has 0 aliphatic rings. The highest BCUT2D eigenvalue weighted by atomic mass is 35.5. The quantitative estimate of drug-likeness (QED) is 0.885. The van der Waals surface area contributed by atoms with Crippen molar-refractivity contribution in [1.82, 2.24) is 0 Å². The van der Waals surface area contributed by atoms with E-state index in [2.05, 4.69) is 0 Å². The zero-order chi connectivity index (χ0) is 14.5. The molecule has 0 spiro atoms. The average Bonchev–Trinajstić information content (AvgIpc) is 2.41. The van der Waals surface area contributed by atoms with E-state index in [1.165, 1.54) is 0 Å². The van der Waals surface area contributed by atoms with Crippen LogP contribution in [0.5, 0.6) is 5.75 Å². The van der Waals surface area contributed by atoms with Crippen molar-refractivity contribution in [2.45, 2.75) is 26.0 Å². The Balaban J connectivity index is 2.12. The van der Waals surface area contributed by atoms with Crippen LogP contribution in [-0.4, -0.2) is 6.04 Å². The van der Waals surface area contributed by atoms with Crippen LogP contribution in [0, 0.1) is 0 Å². The van der Waals surface area contributed by atoms with Crippen LogP contribution in [-0.2, 0) is 13.0 Å². The fraction of sp³-hybridized carbons (Fsp3) is 0.250. The minimum absolute atomic E-state index is 0.0921. The maximum absolute atomic E-state index is 6.13. The van der Waals surface area contributed by atoms with Crippen LogP contribution in [0.25, 0.3) is 0 Å². The minimum Gasteiger partial charge on any atom is -0.489 e. The van der Waals surface area contributed by atoms with Gasteiger partial charge >= 0.3 is 0 Å². The number of hydrogen-bond donors (Lipinski definition) is 1. The summed E-state index contributed by atoms with van der Waals surface area (Å²) in [6.45, 7) is 2.36. The van der Waals surface area contributed by atoms with Gasteiger partial charge in [0, 0.05) is 21.7 Å². The third-order valence-electron chi connectivity index (χ3n) is 2.91. The highest BCUT2D eigenvalue weighted by Gasteiger charge is 2.07. The van der Waals surface area contributed by atoms with Crippen LogP contribution in [0.2, 0.25) is 10.0 Å². The summed E-state index contributed by atoms with van der Waals surface area (Å²) in [6.07, 6.45) is 0.777. The lowest BCUT2D eigenvalue weighted by molar-refractivity contribution is 0.302. The lowest BCUT2D eigenvalue weighted by Crippen LogP contribution is -2.18. The summed E-state index contributed by atoms with van der Waals surface area (Å²) in [5, 5.41) is 1.30. The van der Waals surface area contributed by atoms with Gasteiger partial charge in [0.05, 0.1) is 0 Å². The first-order valence-corrected chi connectivity index (χ1v) is 7.22. The first-order valence-electron chi connectivity index (χ1n) is 6.46. The molecular formula is C16H17Cl2NO. The first-order chi connectivity index (χ1) is 9.56. The highest BCUT2D eigenvalue weighted by molar-refractivity contribution is 6.33. The molecule has 0 saturated heterocycles. The second-order valence-corrected chi connectivity index (χ2v) is 5.66. The number of rotatable bonds is 5. The van der Waals surface area contributed by atoms with E-state index >= 15 is 0 Å². The second-order valence-electron chi connectivity index (χ2n) is 4.81. The second kappa shape index (κ2) is 6.98. The van der Waals surface area contributed by atoms with Gasteiger partial charge in [0.1, 0.15) is 12.4 Å². The maximum Gasteiger partial charge on any atom is 0.123 e. The Morgan fingerprint density at radius 1 is 1.10 bits per heavy atom. The smallest absolute Gasteiger partial charge is 0.123 e. The normalized spacial score (nSPS) is 12.2. The Morgan fingerprint density at radius 3 is 2.60 bits per heavy atom. The Bertz CT molecular complexity index is 584. The monoisotopic (exact) mass is 309 g/mol. The van der Waals surface area contributed by atoms with Crippen LogP contribution in [0.1, 0.15) is 18.1 Å². The van der Waals surface area contributed by atoms with E-state index in [0.717, 1.165) is 23.3 Å². The summed E-state index contributed by atoms with van der Waals surface area (Å²) >= 11 is 12.1. The molecule has 0 fully saturated rings. The van der Waals surface area contributed by atoms with Gasteiger partial charge in [-0.05, 0) is 43.2 Å². The molecular weight excluding hydrogens is 293 g/mol. The molecule has 0 aromatic heterocycles. The van der Waals surface area contributed by atoms with Crippen molar-refractivity contribution >= 4 is 23.2 Å². The topological polar surface area (TPSA) is 35.2 Å². The van der Waals surface area contributed by atoms with Gasteiger partial charge in [-0.15, -0.1) is 0 Å². The standard InChI is InChI=1S/C16H17Cl2NO/c1-11(19)8-12-4-2-3-5-16(12)20-10-13-9-14(17)6-7-15(13)18/h2-7,9,11H,8,10,19H2,1H3. The van der Waals surface area contributed by atoms with Gasteiger partial charge in [-0.2, -0.15) is 0 Å². The SMILES string of the molecule is CC(N)Cc1ccccc1OCc1cc(Cl)ccc1Cl. The Labute approximate surface area is 129 Å². The zero-order valence-corrected chi connectivity index (χ0v) is 12.8. The van der Waals surface area contributed by atoms with Crippen molar-refractivity contribution in [3.63, 3.8) is 0 Å². The molecule has 0 radical (unpaired) electrons. The molecule has 1 atom stereocenters. The highest BCUT2D eigenvalue weighted by Crippen LogP contribution is 2.24. The number of para-hydroxylation sites is 1. The fourth-order valence-corrected chi connectivity index (χ4v) is 2.34. The van der Waals surface area contributed by atoms with Gasteiger partial charge in [0.2, 0.25) is 0 Å². The fourth-order valence-electron chi connectivity index (χ4n) is 1.97. The molecule has 2 aromatic carbocycles. The summed E-state index contributed by atoms with van der Waals surface area (Å²) in [7, 11) is 0. The van der Waals surface area contributed by atoms with Gasteiger partial charge in [0.25, 0.3) is 0 Å². The summed E-state index contributed by atoms with van der Waals surface area (Å²) in [6, 6.07) is 13.3. The third-order valence-corrected chi connectivity index (χ3v) is 3.51. The predicted octanol–water partition coefficient (Wildman–Crippen LogP) is 4.46. The molecule has 4 heteroatoms. The Hall–Kier alpha value is -1.22. The molecule has 2 rings (SSSR count). The van der Waals surface area contributed by atoms with Crippen LogP contribution in [0.15, 0.2) is 42.5 Å². The molecule has 0 heterocycles. The summed E-state index contributed by atoms with van der Waals surface area (Å²) in [5.41, 5.74) is 7.82. The summed E-state index contributed by atoms with van der Waals surface area (Å²) in [4.78, 5) is 0. The van der Waals surface area contributed by atoms with Crippen molar-refractivity contribution in [1.29, 1.82) is 0 Å². The van der Waals surface area contributed by atoms with E-state index in [1.807, 2.05) is 37.3 Å². The molecule has 20 heavy (non-hydrogen) atoms. The number of hydrogen-bond acceptors (Lipinski definition) is 2. The van der Waals surface area contributed by atoms with Crippen molar-refractivity contribution in [2.24, 2.45) is 5.73 Å². The van der Waals surface area contributed by atoms with Crippen molar-refractivity contribution in [3.8, 4) is 5.75 Å². The molecule has 2 N–H and O–H groups in total.